The number of nitrogens with one attached hydrogen (secondary N) is 2. The maximum atomic E-state index is 12.8. The molecule has 1 amide bonds. The average molecular weight is 416 g/mol. The van der Waals surface area contributed by atoms with E-state index in [1.807, 2.05) is 45.3 Å². The topological polar surface area (TPSA) is 59.0 Å². The Morgan fingerprint density at radius 1 is 1.17 bits per heavy atom. The number of rotatable bonds is 6. The van der Waals surface area contributed by atoms with E-state index in [4.69, 9.17) is 0 Å². The molecule has 1 atom stereocenters. The molecular formula is C22H23F3N4O. The fourth-order valence-electron chi connectivity index (χ4n) is 3.08. The molecule has 2 N–H and O–H groups in total. The summed E-state index contributed by atoms with van der Waals surface area (Å²) in [5.41, 5.74) is 2.76. The first-order valence-corrected chi connectivity index (χ1v) is 9.53. The number of aryl methyl sites for hydroxylation is 1. The second-order valence-electron chi connectivity index (χ2n) is 7.05. The Labute approximate surface area is 172 Å². The average Bonchev–Trinajstić information content (AvgIpc) is 3.14. The Morgan fingerprint density at radius 3 is 2.43 bits per heavy atom. The van der Waals surface area contributed by atoms with Gasteiger partial charge in [0.05, 0.1) is 23.5 Å². The van der Waals surface area contributed by atoms with Gasteiger partial charge in [0.2, 0.25) is 5.91 Å². The lowest BCUT2D eigenvalue weighted by Crippen LogP contribution is -2.27. The third-order valence-electron chi connectivity index (χ3n) is 4.76. The van der Waals surface area contributed by atoms with E-state index in [0.717, 1.165) is 23.3 Å². The van der Waals surface area contributed by atoms with Crippen molar-refractivity contribution in [1.29, 1.82) is 0 Å². The molecule has 0 bridgehead atoms. The van der Waals surface area contributed by atoms with E-state index < -0.39 is 11.7 Å². The minimum Gasteiger partial charge on any atom is -0.356 e. The molecule has 5 nitrogen and oxygen atoms in total. The van der Waals surface area contributed by atoms with Crippen molar-refractivity contribution < 1.29 is 18.0 Å². The van der Waals surface area contributed by atoms with Crippen molar-refractivity contribution in [3.8, 4) is 11.3 Å². The van der Waals surface area contributed by atoms with Crippen molar-refractivity contribution in [2.24, 2.45) is 7.05 Å². The molecule has 2 aromatic carbocycles. The predicted molar refractivity (Wildman–Crippen MR) is 110 cm³/mol. The van der Waals surface area contributed by atoms with Gasteiger partial charge in [0.25, 0.3) is 0 Å². The van der Waals surface area contributed by atoms with E-state index in [2.05, 4.69) is 15.6 Å². The van der Waals surface area contributed by atoms with Crippen molar-refractivity contribution in [2.75, 3.05) is 11.9 Å². The lowest BCUT2D eigenvalue weighted by molar-refractivity contribution is -0.137. The van der Waals surface area contributed by atoms with Gasteiger partial charge >= 0.3 is 6.18 Å². The van der Waals surface area contributed by atoms with Gasteiger partial charge in [-0.3, -0.25) is 4.79 Å². The molecule has 8 heteroatoms. The molecule has 0 aliphatic heterocycles. The number of alkyl halides is 3. The van der Waals surface area contributed by atoms with Crippen LogP contribution in [0.1, 0.15) is 30.9 Å². The minimum atomic E-state index is -4.38. The highest BCUT2D eigenvalue weighted by molar-refractivity contribution is 5.85. The molecule has 0 aliphatic carbocycles. The second-order valence-corrected chi connectivity index (χ2v) is 7.05. The van der Waals surface area contributed by atoms with E-state index in [9.17, 15) is 18.0 Å². The summed E-state index contributed by atoms with van der Waals surface area (Å²) in [6.45, 7) is 4.23. The van der Waals surface area contributed by atoms with Gasteiger partial charge in [0.1, 0.15) is 0 Å². The van der Waals surface area contributed by atoms with E-state index in [-0.39, 0.29) is 11.8 Å². The van der Waals surface area contributed by atoms with Crippen LogP contribution in [0.2, 0.25) is 0 Å². The summed E-state index contributed by atoms with van der Waals surface area (Å²) in [5, 5.41) is 5.98. The largest absolute Gasteiger partial charge is 0.416 e. The first-order chi connectivity index (χ1) is 14.2. The monoisotopic (exact) mass is 416 g/mol. The van der Waals surface area contributed by atoms with Gasteiger partial charge in [-0.1, -0.05) is 6.07 Å². The number of nitrogens with zero attached hydrogens (tertiary/aromatic N) is 2. The molecule has 158 valence electrons. The number of anilines is 2. The van der Waals surface area contributed by atoms with Crippen LogP contribution in [-0.2, 0) is 18.0 Å². The van der Waals surface area contributed by atoms with Gasteiger partial charge < -0.3 is 15.2 Å². The maximum absolute atomic E-state index is 12.8. The van der Waals surface area contributed by atoms with Crippen molar-refractivity contribution in [3.05, 3.63) is 66.1 Å². The highest BCUT2D eigenvalue weighted by Gasteiger charge is 2.30. The van der Waals surface area contributed by atoms with Crippen molar-refractivity contribution in [2.45, 2.75) is 25.9 Å². The Kier molecular flexibility index (Phi) is 6.14. The summed E-state index contributed by atoms with van der Waals surface area (Å²) in [6, 6.07) is 10.4. The summed E-state index contributed by atoms with van der Waals surface area (Å²) >= 11 is 0. The molecule has 3 aromatic rings. The van der Waals surface area contributed by atoms with Crippen LogP contribution in [0.5, 0.6) is 0 Å². The summed E-state index contributed by atoms with van der Waals surface area (Å²) in [7, 11) is 1.85. The van der Waals surface area contributed by atoms with Gasteiger partial charge in [0.15, 0.2) is 0 Å². The fraction of sp³-hybridized carbons (Fsp3) is 0.273. The van der Waals surface area contributed by atoms with E-state index in [0.29, 0.717) is 23.6 Å². The van der Waals surface area contributed by atoms with Crippen LogP contribution in [0, 0.1) is 0 Å². The fourth-order valence-corrected chi connectivity index (χ4v) is 3.08. The van der Waals surface area contributed by atoms with Crippen LogP contribution in [-0.4, -0.2) is 22.0 Å². The van der Waals surface area contributed by atoms with Crippen LogP contribution >= 0.6 is 0 Å². The maximum Gasteiger partial charge on any atom is 0.416 e. The van der Waals surface area contributed by atoms with Gasteiger partial charge in [-0.05, 0) is 55.8 Å². The number of aromatic nitrogens is 2. The number of halogens is 3. The zero-order valence-corrected chi connectivity index (χ0v) is 16.9. The Bertz CT molecular complexity index is 1030. The van der Waals surface area contributed by atoms with E-state index in [1.165, 1.54) is 12.1 Å². The Hall–Kier alpha value is -3.29. The molecule has 1 heterocycles. The lowest BCUT2D eigenvalue weighted by Gasteiger charge is -2.16. The van der Waals surface area contributed by atoms with Crippen LogP contribution < -0.4 is 10.6 Å². The van der Waals surface area contributed by atoms with Gasteiger partial charge in [-0.25, -0.2) is 4.98 Å². The molecule has 3 rings (SSSR count). The second kappa shape index (κ2) is 8.61. The first kappa shape index (κ1) is 21.4. The van der Waals surface area contributed by atoms with Crippen LogP contribution in [0.15, 0.2) is 55.0 Å². The number of imidazole rings is 1. The van der Waals surface area contributed by atoms with Crippen molar-refractivity contribution in [3.63, 3.8) is 0 Å². The predicted octanol–water partition coefficient (Wildman–Crippen LogP) is 5.09. The van der Waals surface area contributed by atoms with Crippen LogP contribution in [0.3, 0.4) is 0 Å². The highest BCUT2D eigenvalue weighted by atomic mass is 19.4. The number of benzene rings is 2. The first-order valence-electron chi connectivity index (χ1n) is 9.53. The van der Waals surface area contributed by atoms with Gasteiger partial charge in [-0.2, -0.15) is 13.2 Å². The van der Waals surface area contributed by atoms with Crippen molar-refractivity contribution >= 4 is 17.3 Å². The summed E-state index contributed by atoms with van der Waals surface area (Å²) in [6.07, 6.45) is -0.876. The minimum absolute atomic E-state index is 0.0760. The summed E-state index contributed by atoms with van der Waals surface area (Å²) in [5.74, 6) is -0.430. The summed E-state index contributed by atoms with van der Waals surface area (Å²) < 4.78 is 40.2. The van der Waals surface area contributed by atoms with Crippen LogP contribution in [0.25, 0.3) is 11.3 Å². The standard InChI is InChI=1S/C22H23F3N4O/c1-4-26-21(30)14(2)15-5-10-19(18(11-15)20-12-29(3)13-27-20)28-17-8-6-16(7-9-17)22(23,24)25/h5-14,28H,4H2,1-3H3,(H,26,30). The molecule has 1 aromatic heterocycles. The number of hydrogen-bond donors (Lipinski definition) is 2. The molecule has 0 saturated heterocycles. The quantitative estimate of drug-likeness (QED) is 0.589. The lowest BCUT2D eigenvalue weighted by atomic mass is 9.96. The molecule has 0 fully saturated rings. The number of amides is 1. The molecule has 0 spiro atoms. The Morgan fingerprint density at radius 2 is 1.87 bits per heavy atom. The third-order valence-corrected chi connectivity index (χ3v) is 4.76. The number of carbonyl (C=O) groups is 1. The number of carbonyl (C=O) groups excluding carboxylic acids is 1. The number of hydrogen-bond acceptors (Lipinski definition) is 3. The zero-order valence-electron chi connectivity index (χ0n) is 16.9. The molecular weight excluding hydrogens is 393 g/mol. The van der Waals surface area contributed by atoms with Gasteiger partial charge in [-0.15, -0.1) is 0 Å². The van der Waals surface area contributed by atoms with Crippen molar-refractivity contribution in [1.82, 2.24) is 14.9 Å². The van der Waals surface area contributed by atoms with Crippen LogP contribution in [0.4, 0.5) is 24.5 Å². The van der Waals surface area contributed by atoms with Gasteiger partial charge in [0, 0.05) is 36.7 Å². The molecule has 1 unspecified atom stereocenters. The molecule has 0 saturated carbocycles. The zero-order chi connectivity index (χ0) is 21.9. The SMILES string of the molecule is CCNC(=O)C(C)c1ccc(Nc2ccc(C(F)(F)F)cc2)c(-c2cn(C)cn2)c1. The Balaban J connectivity index is 1.96. The molecule has 0 radical (unpaired) electrons. The van der Waals surface area contributed by atoms with E-state index >= 15 is 0 Å². The smallest absolute Gasteiger partial charge is 0.356 e. The number of likely N-dealkylation sites (N-methyl/N-ethyl adjacent to an activating group) is 1. The summed E-state index contributed by atoms with van der Waals surface area (Å²) in [4.78, 5) is 16.6. The highest BCUT2D eigenvalue weighted by Crippen LogP contribution is 2.34. The third kappa shape index (κ3) is 4.82. The van der Waals surface area contributed by atoms with E-state index in [1.54, 1.807) is 10.9 Å². The molecule has 0 aliphatic rings. The molecule has 30 heavy (non-hydrogen) atoms. The normalized spacial score (nSPS) is 12.5.